The topological polar surface area (TPSA) is 77.8 Å². The second-order valence-corrected chi connectivity index (χ2v) is 9.53. The molecular formula is C26H30N2O5S. The van der Waals surface area contributed by atoms with Crippen LogP contribution in [0.25, 0.3) is 22.9 Å². The Hall–Kier alpha value is -3.39. The first-order valence-electron chi connectivity index (χ1n) is 11.0. The molecule has 1 amide bonds. The number of thiazole rings is 1. The molecule has 2 aromatic carbocycles. The standard InChI is InChI=1S/C26H30N2O5S/c1-16(2)28(17(3)4)23(29)15-27-24(14-25(30)33-6)34-22(26(27)31)12-18-7-8-20-13-21(32-5)10-9-19(20)11-18/h7-14,16-17H,15H2,1-6H3/b22-12-,24-14-. The van der Waals surface area contributed by atoms with Crippen molar-refractivity contribution in [3.8, 4) is 5.75 Å². The van der Waals surface area contributed by atoms with Crippen LogP contribution in [0, 0.1) is 0 Å². The van der Waals surface area contributed by atoms with Crippen LogP contribution in [0.1, 0.15) is 33.3 Å². The summed E-state index contributed by atoms with van der Waals surface area (Å²) < 4.78 is 12.2. The van der Waals surface area contributed by atoms with Gasteiger partial charge in [-0.05, 0) is 68.3 Å². The van der Waals surface area contributed by atoms with Crippen LogP contribution in [0.2, 0.25) is 0 Å². The van der Waals surface area contributed by atoms with Crippen molar-refractivity contribution in [2.24, 2.45) is 0 Å². The molecule has 0 unspecified atom stereocenters. The maximum atomic E-state index is 13.3. The van der Waals surface area contributed by atoms with Crippen molar-refractivity contribution in [1.82, 2.24) is 9.47 Å². The van der Waals surface area contributed by atoms with Gasteiger partial charge in [0.1, 0.15) is 17.0 Å². The summed E-state index contributed by atoms with van der Waals surface area (Å²) in [6.45, 7) is 7.59. The number of carbonyl (C=O) groups excluding carboxylic acids is 2. The highest BCUT2D eigenvalue weighted by Crippen LogP contribution is 2.22. The minimum absolute atomic E-state index is 0.0165. The van der Waals surface area contributed by atoms with E-state index in [0.717, 1.165) is 33.4 Å². The van der Waals surface area contributed by atoms with Gasteiger partial charge in [0.15, 0.2) is 0 Å². The molecule has 0 saturated heterocycles. The summed E-state index contributed by atoms with van der Waals surface area (Å²) >= 11 is 1.15. The molecule has 0 spiro atoms. The number of aromatic nitrogens is 1. The normalized spacial score (nSPS) is 12.6. The number of benzene rings is 2. The van der Waals surface area contributed by atoms with Gasteiger partial charge in [-0.3, -0.25) is 14.2 Å². The average molecular weight is 483 g/mol. The van der Waals surface area contributed by atoms with Crippen molar-refractivity contribution >= 4 is 46.1 Å². The predicted molar refractivity (Wildman–Crippen MR) is 135 cm³/mol. The second kappa shape index (κ2) is 10.7. The number of nitrogens with zero attached hydrogens (tertiary/aromatic N) is 2. The van der Waals surface area contributed by atoms with Gasteiger partial charge in [-0.1, -0.05) is 18.2 Å². The van der Waals surface area contributed by atoms with Crippen molar-refractivity contribution in [2.45, 2.75) is 46.3 Å². The highest BCUT2D eigenvalue weighted by atomic mass is 32.1. The zero-order valence-electron chi connectivity index (χ0n) is 20.3. The van der Waals surface area contributed by atoms with E-state index in [2.05, 4.69) is 0 Å². The molecule has 7 nitrogen and oxygen atoms in total. The van der Waals surface area contributed by atoms with E-state index in [0.29, 0.717) is 9.20 Å². The molecule has 1 heterocycles. The molecule has 0 saturated carbocycles. The molecule has 0 fully saturated rings. The smallest absolute Gasteiger partial charge is 0.333 e. The third-order valence-electron chi connectivity index (χ3n) is 5.44. The van der Waals surface area contributed by atoms with Crippen LogP contribution in [0.4, 0.5) is 0 Å². The zero-order chi connectivity index (χ0) is 25.0. The van der Waals surface area contributed by atoms with Crippen LogP contribution in [-0.2, 0) is 20.9 Å². The van der Waals surface area contributed by atoms with Crippen LogP contribution in [-0.4, -0.2) is 47.6 Å². The number of methoxy groups -OCH3 is 2. The van der Waals surface area contributed by atoms with Gasteiger partial charge >= 0.3 is 5.97 Å². The monoisotopic (exact) mass is 482 g/mol. The number of amides is 1. The van der Waals surface area contributed by atoms with Gasteiger partial charge in [0.25, 0.3) is 5.56 Å². The lowest BCUT2D eigenvalue weighted by Crippen LogP contribution is -2.46. The minimum Gasteiger partial charge on any atom is -0.497 e. The summed E-state index contributed by atoms with van der Waals surface area (Å²) in [5.41, 5.74) is 0.515. The molecule has 0 bridgehead atoms. The molecule has 3 rings (SSSR count). The van der Waals surface area contributed by atoms with E-state index in [9.17, 15) is 14.4 Å². The highest BCUT2D eigenvalue weighted by molar-refractivity contribution is 7.07. The van der Waals surface area contributed by atoms with Crippen LogP contribution in [0.15, 0.2) is 41.2 Å². The highest BCUT2D eigenvalue weighted by Gasteiger charge is 2.21. The number of hydrogen-bond acceptors (Lipinski definition) is 6. The van der Waals surface area contributed by atoms with E-state index in [1.54, 1.807) is 18.1 Å². The van der Waals surface area contributed by atoms with Gasteiger partial charge in [-0.25, -0.2) is 4.79 Å². The molecule has 0 aliphatic carbocycles. The molecule has 8 heteroatoms. The Morgan fingerprint density at radius 3 is 2.29 bits per heavy atom. The lowest BCUT2D eigenvalue weighted by atomic mass is 10.1. The first-order chi connectivity index (χ1) is 16.1. The molecule has 34 heavy (non-hydrogen) atoms. The Morgan fingerprint density at radius 1 is 1.03 bits per heavy atom. The summed E-state index contributed by atoms with van der Waals surface area (Å²) in [5.74, 6) is 0.00344. The van der Waals surface area contributed by atoms with Gasteiger partial charge in [-0.15, -0.1) is 11.3 Å². The van der Waals surface area contributed by atoms with Gasteiger partial charge in [0.05, 0.1) is 24.8 Å². The molecule has 0 aliphatic rings. The number of rotatable bonds is 7. The maximum absolute atomic E-state index is 13.3. The maximum Gasteiger partial charge on any atom is 0.333 e. The van der Waals surface area contributed by atoms with Gasteiger partial charge in [0.2, 0.25) is 5.91 Å². The fourth-order valence-electron chi connectivity index (χ4n) is 3.95. The summed E-state index contributed by atoms with van der Waals surface area (Å²) in [7, 11) is 2.90. The first kappa shape index (κ1) is 25.2. The lowest BCUT2D eigenvalue weighted by Gasteiger charge is -2.30. The predicted octanol–water partition coefficient (Wildman–Crippen LogP) is 2.50. The van der Waals surface area contributed by atoms with Gasteiger partial charge < -0.3 is 14.4 Å². The number of carbonyl (C=O) groups is 2. The largest absolute Gasteiger partial charge is 0.497 e. The molecule has 0 N–H and O–H groups in total. The van der Waals surface area contributed by atoms with Gasteiger partial charge in [-0.2, -0.15) is 0 Å². The van der Waals surface area contributed by atoms with E-state index >= 15 is 0 Å². The Balaban J connectivity index is 2.10. The number of ether oxygens (including phenoxy) is 2. The third-order valence-corrected chi connectivity index (χ3v) is 6.50. The Kier molecular flexibility index (Phi) is 7.94. The molecule has 3 aromatic rings. The van der Waals surface area contributed by atoms with Crippen LogP contribution < -0.4 is 19.5 Å². The number of fused-ring (bicyclic) bond motifs is 1. The quantitative estimate of drug-likeness (QED) is 0.484. The first-order valence-corrected chi connectivity index (χ1v) is 11.9. The summed E-state index contributed by atoms with van der Waals surface area (Å²) in [6.07, 6.45) is 3.02. The number of hydrogen-bond donors (Lipinski definition) is 0. The van der Waals surface area contributed by atoms with Crippen molar-refractivity contribution in [1.29, 1.82) is 0 Å². The average Bonchev–Trinajstić information content (AvgIpc) is 3.06. The van der Waals surface area contributed by atoms with E-state index < -0.39 is 5.97 Å². The minimum atomic E-state index is -0.585. The molecule has 180 valence electrons. The summed E-state index contributed by atoms with van der Waals surface area (Å²) in [6, 6.07) is 11.6. The van der Waals surface area contributed by atoms with Crippen molar-refractivity contribution in [2.75, 3.05) is 14.2 Å². The lowest BCUT2D eigenvalue weighted by molar-refractivity contribution is -0.136. The summed E-state index contributed by atoms with van der Waals surface area (Å²) in [5, 5.41) is 2.03. The molecule has 0 radical (unpaired) electrons. The van der Waals surface area contributed by atoms with Crippen molar-refractivity contribution < 1.29 is 19.1 Å². The van der Waals surface area contributed by atoms with Crippen LogP contribution >= 0.6 is 11.3 Å². The van der Waals surface area contributed by atoms with Crippen LogP contribution in [0.5, 0.6) is 5.75 Å². The van der Waals surface area contributed by atoms with Crippen molar-refractivity contribution in [3.63, 3.8) is 0 Å². The fourth-order valence-corrected chi connectivity index (χ4v) is 4.98. The van der Waals surface area contributed by atoms with Crippen molar-refractivity contribution in [3.05, 3.63) is 61.5 Å². The summed E-state index contributed by atoms with van der Waals surface area (Å²) in [4.78, 5) is 40.0. The number of esters is 1. The Morgan fingerprint density at radius 2 is 1.68 bits per heavy atom. The SMILES string of the molecule is COC(=O)/C=c1\s/c(=C\c2ccc3cc(OC)ccc3c2)c(=O)n1CC(=O)N(C(C)C)C(C)C. The third kappa shape index (κ3) is 5.56. The van der Waals surface area contributed by atoms with E-state index in [1.165, 1.54) is 17.8 Å². The molecule has 0 aliphatic heterocycles. The Labute approximate surface area is 202 Å². The molecular weight excluding hydrogens is 452 g/mol. The fraction of sp³-hybridized carbons (Fsp3) is 0.346. The molecule has 1 aromatic heterocycles. The van der Waals surface area contributed by atoms with E-state index in [-0.39, 0.29) is 30.1 Å². The van der Waals surface area contributed by atoms with Crippen LogP contribution in [0.3, 0.4) is 0 Å². The van der Waals surface area contributed by atoms with E-state index in [1.807, 2.05) is 64.1 Å². The van der Waals surface area contributed by atoms with Gasteiger partial charge in [0, 0.05) is 12.1 Å². The molecule has 0 atom stereocenters. The Bertz CT molecular complexity index is 1380. The zero-order valence-corrected chi connectivity index (χ0v) is 21.1. The van der Waals surface area contributed by atoms with E-state index in [4.69, 9.17) is 9.47 Å². The second-order valence-electron chi connectivity index (χ2n) is 8.47.